The van der Waals surface area contributed by atoms with Gasteiger partial charge in [-0.05, 0) is 10.6 Å². The molecule has 0 spiro atoms. The van der Waals surface area contributed by atoms with Crippen molar-refractivity contribution in [3.8, 4) is 0 Å². The maximum atomic E-state index is 10.8. The van der Waals surface area contributed by atoms with E-state index in [0.717, 1.165) is 4.90 Å². The Balaban J connectivity index is 4.35. The van der Waals surface area contributed by atoms with E-state index in [4.69, 9.17) is 15.7 Å². The molecule has 0 rings (SSSR count). The van der Waals surface area contributed by atoms with Crippen LogP contribution in [-0.2, 0) is 14.4 Å². The zero-order valence-corrected chi connectivity index (χ0v) is 7.53. The highest BCUT2D eigenvalue weighted by Gasteiger charge is 2.15. The predicted molar refractivity (Wildman–Crippen MR) is 45.9 cm³/mol. The van der Waals surface area contributed by atoms with Gasteiger partial charge >= 0.3 is 11.9 Å². The summed E-state index contributed by atoms with van der Waals surface area (Å²) in [4.78, 5) is 34.4. The Hall–Kier alpha value is -2.12. The van der Waals surface area contributed by atoms with Crippen LogP contribution in [-0.4, -0.2) is 52.6 Å². The van der Waals surface area contributed by atoms with Gasteiger partial charge in [0.2, 0.25) is 5.91 Å². The Morgan fingerprint density at radius 3 is 1.93 bits per heavy atom. The van der Waals surface area contributed by atoms with E-state index < -0.39 is 37.5 Å². The average Bonchev–Trinajstić information content (AvgIpc) is 2.00. The molecule has 0 aromatic heterocycles. The van der Waals surface area contributed by atoms with Crippen LogP contribution >= 0.6 is 0 Å². The molecule has 9 nitrogen and oxygen atoms in total. The largest absolute Gasteiger partial charge is 0.480 e. The number of aliphatic carboxylic acids is 2. The molecule has 0 fully saturated rings. The number of carboxylic acids is 2. The van der Waals surface area contributed by atoms with Crippen LogP contribution in [0.25, 0.3) is 10.4 Å². The maximum absolute atomic E-state index is 10.8. The van der Waals surface area contributed by atoms with Gasteiger partial charge in [0, 0.05) is 4.91 Å². The fraction of sp³-hybridized carbons (Fsp3) is 0.500. The van der Waals surface area contributed by atoms with E-state index in [2.05, 4.69) is 10.0 Å². The standard InChI is InChI=1S/C6H8N4O5/c7-9-8-4(11)1-10(2-5(12)13)3-6(14)15/h1-3H2,(H,12,13)(H,14,15). The zero-order valence-electron chi connectivity index (χ0n) is 7.53. The molecule has 0 aliphatic carbocycles. The Labute approximate surface area is 83.5 Å². The van der Waals surface area contributed by atoms with E-state index in [9.17, 15) is 14.4 Å². The van der Waals surface area contributed by atoms with Crippen molar-refractivity contribution in [1.29, 1.82) is 0 Å². The van der Waals surface area contributed by atoms with Gasteiger partial charge < -0.3 is 10.2 Å². The summed E-state index contributed by atoms with van der Waals surface area (Å²) in [5.74, 6) is -3.48. The Morgan fingerprint density at radius 1 is 1.13 bits per heavy atom. The van der Waals surface area contributed by atoms with Crippen molar-refractivity contribution in [2.45, 2.75) is 0 Å². The second-order valence-corrected chi connectivity index (χ2v) is 2.52. The van der Waals surface area contributed by atoms with Crippen LogP contribution < -0.4 is 0 Å². The fourth-order valence-corrected chi connectivity index (χ4v) is 0.823. The second kappa shape index (κ2) is 6.35. The Morgan fingerprint density at radius 2 is 1.60 bits per heavy atom. The van der Waals surface area contributed by atoms with E-state index in [0.29, 0.717) is 0 Å². The van der Waals surface area contributed by atoms with Crippen molar-refractivity contribution in [3.63, 3.8) is 0 Å². The quantitative estimate of drug-likeness (QED) is 0.341. The van der Waals surface area contributed by atoms with E-state index in [1.54, 1.807) is 0 Å². The molecule has 9 heteroatoms. The summed E-state index contributed by atoms with van der Waals surface area (Å²) >= 11 is 0. The van der Waals surface area contributed by atoms with Gasteiger partial charge in [-0.1, -0.05) is 0 Å². The molecule has 82 valence electrons. The Bertz CT molecular complexity index is 305. The third-order valence-electron chi connectivity index (χ3n) is 1.23. The lowest BCUT2D eigenvalue weighted by Gasteiger charge is -2.14. The molecule has 15 heavy (non-hydrogen) atoms. The second-order valence-electron chi connectivity index (χ2n) is 2.52. The first-order valence-electron chi connectivity index (χ1n) is 3.69. The van der Waals surface area contributed by atoms with Crippen LogP contribution in [0, 0.1) is 0 Å². The van der Waals surface area contributed by atoms with Gasteiger partial charge in [-0.3, -0.25) is 19.3 Å². The number of rotatable bonds is 6. The van der Waals surface area contributed by atoms with E-state index >= 15 is 0 Å². The molecule has 0 bridgehead atoms. The number of nitrogens with zero attached hydrogens (tertiary/aromatic N) is 4. The van der Waals surface area contributed by atoms with Crippen LogP contribution in [0.5, 0.6) is 0 Å². The summed E-state index contributed by atoms with van der Waals surface area (Å²) in [5.41, 5.74) is 7.90. The van der Waals surface area contributed by atoms with E-state index in [1.165, 1.54) is 0 Å². The predicted octanol–water partition coefficient (Wildman–Crippen LogP) is -0.706. The smallest absolute Gasteiger partial charge is 0.317 e. The topological polar surface area (TPSA) is 144 Å². The molecule has 0 heterocycles. The van der Waals surface area contributed by atoms with Crippen molar-refractivity contribution >= 4 is 17.8 Å². The molecule has 0 aliphatic heterocycles. The number of azide groups is 1. The van der Waals surface area contributed by atoms with Crippen molar-refractivity contribution in [2.75, 3.05) is 19.6 Å². The van der Waals surface area contributed by atoms with Gasteiger partial charge in [0.1, 0.15) is 0 Å². The highest BCUT2D eigenvalue weighted by molar-refractivity contribution is 5.80. The molecule has 0 aliphatic rings. The van der Waals surface area contributed by atoms with Crippen LogP contribution in [0.3, 0.4) is 0 Å². The molecular formula is C6H8N4O5. The molecule has 0 saturated carbocycles. The molecule has 0 aromatic rings. The van der Waals surface area contributed by atoms with E-state index in [1.807, 2.05) is 0 Å². The first-order valence-corrected chi connectivity index (χ1v) is 3.69. The van der Waals surface area contributed by atoms with Crippen LogP contribution in [0.1, 0.15) is 0 Å². The van der Waals surface area contributed by atoms with Crippen LogP contribution in [0.4, 0.5) is 0 Å². The summed E-state index contributed by atoms with van der Waals surface area (Å²) in [6, 6.07) is 0. The van der Waals surface area contributed by atoms with Crippen LogP contribution in [0.2, 0.25) is 0 Å². The van der Waals surface area contributed by atoms with Gasteiger partial charge in [-0.15, -0.1) is 0 Å². The van der Waals surface area contributed by atoms with Crippen molar-refractivity contribution in [1.82, 2.24) is 4.90 Å². The molecule has 0 radical (unpaired) electrons. The monoisotopic (exact) mass is 216 g/mol. The van der Waals surface area contributed by atoms with Crippen molar-refractivity contribution in [2.24, 2.45) is 5.11 Å². The molecular weight excluding hydrogens is 208 g/mol. The SMILES string of the molecule is [N-]=[N+]=NC(=O)CN(CC(=O)O)CC(=O)O. The van der Waals surface area contributed by atoms with Crippen molar-refractivity contribution in [3.05, 3.63) is 10.4 Å². The number of hydrogen-bond donors (Lipinski definition) is 2. The number of carbonyl (C=O) groups is 3. The number of carbonyl (C=O) groups excluding carboxylic acids is 1. The number of carboxylic acid groups (broad SMARTS) is 2. The normalized spacial score (nSPS) is 9.40. The van der Waals surface area contributed by atoms with Gasteiger partial charge in [0.25, 0.3) is 0 Å². The summed E-state index contributed by atoms with van der Waals surface area (Å²) in [7, 11) is 0. The lowest BCUT2D eigenvalue weighted by atomic mass is 10.4. The third-order valence-corrected chi connectivity index (χ3v) is 1.23. The zero-order chi connectivity index (χ0) is 11.8. The molecule has 0 unspecified atom stereocenters. The first kappa shape index (κ1) is 12.9. The van der Waals surface area contributed by atoms with Crippen LogP contribution in [0.15, 0.2) is 5.11 Å². The summed E-state index contributed by atoms with van der Waals surface area (Å²) in [5, 5.41) is 19.5. The minimum absolute atomic E-state index is 0.539. The van der Waals surface area contributed by atoms with Gasteiger partial charge in [0.15, 0.2) is 0 Å². The number of hydrogen-bond acceptors (Lipinski definition) is 4. The molecule has 1 amide bonds. The minimum Gasteiger partial charge on any atom is -0.480 e. The first-order chi connectivity index (χ1) is 6.95. The van der Waals surface area contributed by atoms with E-state index in [-0.39, 0.29) is 0 Å². The van der Waals surface area contributed by atoms with Crippen molar-refractivity contribution < 1.29 is 24.6 Å². The summed E-state index contributed by atoms with van der Waals surface area (Å²) in [6.45, 7) is -1.76. The maximum Gasteiger partial charge on any atom is 0.317 e. The minimum atomic E-state index is -1.27. The van der Waals surface area contributed by atoms with Gasteiger partial charge in [-0.25, -0.2) is 0 Å². The lowest BCUT2D eigenvalue weighted by Crippen LogP contribution is -2.37. The number of amides is 1. The summed E-state index contributed by atoms with van der Waals surface area (Å²) < 4.78 is 0. The van der Waals surface area contributed by atoms with Gasteiger partial charge in [0.05, 0.1) is 19.6 Å². The molecule has 0 aromatic carbocycles. The molecule has 0 atom stereocenters. The molecule has 0 saturated heterocycles. The Kier molecular flexibility index (Phi) is 5.45. The summed E-state index contributed by atoms with van der Waals surface area (Å²) in [6.07, 6.45) is 0. The third kappa shape index (κ3) is 6.99. The molecule has 2 N–H and O–H groups in total. The average molecular weight is 216 g/mol. The lowest BCUT2D eigenvalue weighted by molar-refractivity contribution is -0.142. The fourth-order valence-electron chi connectivity index (χ4n) is 0.823. The highest BCUT2D eigenvalue weighted by atomic mass is 16.4. The highest BCUT2D eigenvalue weighted by Crippen LogP contribution is 1.90. The van der Waals surface area contributed by atoms with Gasteiger partial charge in [-0.2, -0.15) is 0 Å².